The number of imidazole rings is 1. The normalized spacial score (nSPS) is 17.2. The number of nitrogens with one attached hydrogen (secondary N) is 2. The van der Waals surface area contributed by atoms with Crippen LogP contribution >= 0.6 is 0 Å². The lowest BCUT2D eigenvalue weighted by Crippen LogP contribution is -2.32. The highest BCUT2D eigenvalue weighted by Gasteiger charge is 2.20. The molecule has 0 radical (unpaired) electrons. The van der Waals surface area contributed by atoms with Crippen molar-refractivity contribution in [3.8, 4) is 6.01 Å². The number of anilines is 1. The van der Waals surface area contributed by atoms with E-state index in [2.05, 4.69) is 27.2 Å². The number of piperidine rings is 1. The summed E-state index contributed by atoms with van der Waals surface area (Å²) in [5.41, 5.74) is 6.83. The number of ether oxygens (including phenoxy) is 1. The van der Waals surface area contributed by atoms with Gasteiger partial charge in [-0.05, 0) is 45.2 Å². The van der Waals surface area contributed by atoms with Crippen LogP contribution in [0.5, 0.6) is 6.01 Å². The first kappa shape index (κ1) is 16.8. The van der Waals surface area contributed by atoms with Crippen LogP contribution in [0.1, 0.15) is 39.5 Å². The molecule has 4 N–H and O–H groups in total. The average Bonchev–Trinajstić information content (AvgIpc) is 2.86. The van der Waals surface area contributed by atoms with E-state index in [1.807, 2.05) is 6.92 Å². The largest absolute Gasteiger partial charge is 0.460 e. The van der Waals surface area contributed by atoms with E-state index in [4.69, 9.17) is 10.5 Å². The number of hydrogen-bond acceptors (Lipinski definition) is 6. The summed E-state index contributed by atoms with van der Waals surface area (Å²) in [6, 6.07) is 0.235. The van der Waals surface area contributed by atoms with Crippen molar-refractivity contribution >= 4 is 17.0 Å². The maximum atomic E-state index is 12.3. The van der Waals surface area contributed by atoms with E-state index in [-0.39, 0.29) is 23.6 Å². The van der Waals surface area contributed by atoms with Crippen LogP contribution in [0, 0.1) is 5.92 Å². The Balaban J connectivity index is 1.91. The second-order valence-electron chi connectivity index (χ2n) is 6.54. The topological polar surface area (TPSA) is 111 Å². The van der Waals surface area contributed by atoms with Gasteiger partial charge in [-0.1, -0.05) is 13.3 Å². The zero-order valence-corrected chi connectivity index (χ0v) is 14.3. The molecule has 1 atom stereocenters. The molecule has 0 unspecified atom stereocenters. The molecule has 2 aromatic heterocycles. The van der Waals surface area contributed by atoms with E-state index in [1.165, 1.54) is 0 Å². The van der Waals surface area contributed by atoms with E-state index >= 15 is 0 Å². The summed E-state index contributed by atoms with van der Waals surface area (Å²) >= 11 is 0. The van der Waals surface area contributed by atoms with Crippen molar-refractivity contribution < 1.29 is 4.74 Å². The van der Waals surface area contributed by atoms with E-state index in [9.17, 15) is 4.79 Å². The van der Waals surface area contributed by atoms with Gasteiger partial charge in [0.25, 0.3) is 0 Å². The van der Waals surface area contributed by atoms with Gasteiger partial charge in [-0.15, -0.1) is 0 Å². The van der Waals surface area contributed by atoms with Crippen molar-refractivity contribution in [3.63, 3.8) is 0 Å². The summed E-state index contributed by atoms with van der Waals surface area (Å²) in [6.07, 6.45) is 4.04. The number of nitrogen functional groups attached to an aromatic ring is 1. The number of fused-ring (bicyclic) bond motifs is 1. The maximum Gasteiger partial charge on any atom is 0.327 e. The first-order chi connectivity index (χ1) is 11.6. The van der Waals surface area contributed by atoms with Gasteiger partial charge in [-0.3, -0.25) is 4.57 Å². The minimum atomic E-state index is -0.191. The second-order valence-corrected chi connectivity index (χ2v) is 6.54. The number of nitrogens with zero attached hydrogens (tertiary/aromatic N) is 3. The molecular formula is C16H26N6O2. The molecule has 1 saturated heterocycles. The van der Waals surface area contributed by atoms with Gasteiger partial charge in [-0.2, -0.15) is 9.97 Å². The Morgan fingerprint density at radius 2 is 2.12 bits per heavy atom. The van der Waals surface area contributed by atoms with Crippen molar-refractivity contribution in [1.82, 2.24) is 24.8 Å². The van der Waals surface area contributed by atoms with E-state index in [1.54, 1.807) is 4.57 Å². The molecule has 0 aliphatic carbocycles. The van der Waals surface area contributed by atoms with Crippen LogP contribution < -0.4 is 21.5 Å². The van der Waals surface area contributed by atoms with Crippen LogP contribution in [0.4, 0.5) is 5.82 Å². The van der Waals surface area contributed by atoms with Gasteiger partial charge in [0.2, 0.25) is 0 Å². The van der Waals surface area contributed by atoms with Gasteiger partial charge in [0.15, 0.2) is 11.5 Å². The smallest absolute Gasteiger partial charge is 0.327 e. The molecule has 2 aromatic rings. The second kappa shape index (κ2) is 7.21. The molecule has 1 fully saturated rings. The minimum absolute atomic E-state index is 0.00961. The lowest BCUT2D eigenvalue weighted by Gasteiger charge is -2.22. The highest BCUT2D eigenvalue weighted by atomic mass is 16.5. The molecule has 0 aromatic carbocycles. The highest BCUT2D eigenvalue weighted by molar-refractivity contribution is 5.81. The summed E-state index contributed by atoms with van der Waals surface area (Å²) in [5.74, 6) is 0.711. The number of H-pyrrole nitrogens is 1. The fourth-order valence-corrected chi connectivity index (χ4v) is 3.22. The zero-order valence-electron chi connectivity index (χ0n) is 14.3. The molecule has 3 rings (SSSR count). The minimum Gasteiger partial charge on any atom is -0.460 e. The predicted molar refractivity (Wildman–Crippen MR) is 93.2 cm³/mol. The summed E-state index contributed by atoms with van der Waals surface area (Å²) < 4.78 is 7.42. The molecule has 1 aliphatic rings. The Morgan fingerprint density at radius 1 is 1.38 bits per heavy atom. The van der Waals surface area contributed by atoms with Gasteiger partial charge < -0.3 is 20.8 Å². The van der Waals surface area contributed by atoms with Crippen molar-refractivity contribution in [2.75, 3.05) is 18.8 Å². The van der Waals surface area contributed by atoms with Gasteiger partial charge in [0, 0.05) is 6.54 Å². The molecule has 0 saturated carbocycles. The first-order valence-electron chi connectivity index (χ1n) is 8.72. The average molecular weight is 334 g/mol. The van der Waals surface area contributed by atoms with Crippen LogP contribution in [0.2, 0.25) is 0 Å². The number of aromatic nitrogens is 4. The van der Waals surface area contributed by atoms with Crippen molar-refractivity contribution in [1.29, 1.82) is 0 Å². The Labute approximate surface area is 140 Å². The molecule has 0 bridgehead atoms. The summed E-state index contributed by atoms with van der Waals surface area (Å²) in [6.45, 7) is 6.69. The van der Waals surface area contributed by atoms with Gasteiger partial charge in [0.1, 0.15) is 5.52 Å². The molecule has 3 heterocycles. The van der Waals surface area contributed by atoms with Gasteiger partial charge >= 0.3 is 11.7 Å². The highest BCUT2D eigenvalue weighted by Crippen LogP contribution is 2.21. The quantitative estimate of drug-likeness (QED) is 0.733. The van der Waals surface area contributed by atoms with E-state index in [0.29, 0.717) is 23.6 Å². The monoisotopic (exact) mass is 334 g/mol. The maximum absolute atomic E-state index is 12.3. The summed E-state index contributed by atoms with van der Waals surface area (Å²) in [4.78, 5) is 23.7. The molecule has 0 amide bonds. The molecule has 1 aliphatic heterocycles. The van der Waals surface area contributed by atoms with Crippen LogP contribution in [0.3, 0.4) is 0 Å². The van der Waals surface area contributed by atoms with Crippen molar-refractivity contribution in [2.24, 2.45) is 5.92 Å². The molecule has 132 valence electrons. The lowest BCUT2D eigenvalue weighted by atomic mass is 9.98. The third-order valence-corrected chi connectivity index (χ3v) is 4.53. The molecule has 24 heavy (non-hydrogen) atoms. The Hall–Kier alpha value is -2.09. The van der Waals surface area contributed by atoms with Crippen LogP contribution in [-0.2, 0) is 6.54 Å². The van der Waals surface area contributed by atoms with Gasteiger partial charge in [-0.25, -0.2) is 4.79 Å². The van der Waals surface area contributed by atoms with Crippen LogP contribution in [0.15, 0.2) is 4.79 Å². The van der Waals surface area contributed by atoms with E-state index in [0.717, 1.165) is 38.8 Å². The Bertz CT molecular complexity index is 747. The van der Waals surface area contributed by atoms with Crippen LogP contribution in [0.25, 0.3) is 11.2 Å². The third kappa shape index (κ3) is 3.53. The SMILES string of the molecule is CCC[C@@H](C)Oc1nc(N)c2[nH]c(=O)n(CC3CCNCC3)c2n1. The number of aromatic amines is 1. The Morgan fingerprint density at radius 3 is 2.83 bits per heavy atom. The molecule has 8 nitrogen and oxygen atoms in total. The van der Waals surface area contributed by atoms with Crippen molar-refractivity contribution in [3.05, 3.63) is 10.5 Å². The molecule has 8 heteroatoms. The van der Waals surface area contributed by atoms with Gasteiger partial charge in [0.05, 0.1) is 6.10 Å². The lowest BCUT2D eigenvalue weighted by molar-refractivity contribution is 0.193. The van der Waals surface area contributed by atoms with E-state index < -0.39 is 0 Å². The fourth-order valence-electron chi connectivity index (χ4n) is 3.22. The third-order valence-electron chi connectivity index (χ3n) is 4.53. The standard InChI is InChI=1S/C16H26N6O2/c1-3-4-10(2)24-15-20-13(17)12-14(21-15)22(16(23)19-12)9-11-5-7-18-8-6-11/h10-11,18H,3-9H2,1-2H3,(H,19,23)(H2,17,20,21)/t10-/m1/s1. The summed E-state index contributed by atoms with van der Waals surface area (Å²) in [7, 11) is 0. The number of rotatable bonds is 6. The first-order valence-corrected chi connectivity index (χ1v) is 8.72. The summed E-state index contributed by atoms with van der Waals surface area (Å²) in [5, 5.41) is 3.34. The fraction of sp³-hybridized carbons (Fsp3) is 0.688. The zero-order chi connectivity index (χ0) is 17.1. The molecule has 0 spiro atoms. The molecular weight excluding hydrogens is 308 g/mol. The number of hydrogen-bond donors (Lipinski definition) is 3. The predicted octanol–water partition coefficient (Wildman–Crippen LogP) is 1.27. The Kier molecular flexibility index (Phi) is 5.03. The number of nitrogens with two attached hydrogens (primary N) is 1. The van der Waals surface area contributed by atoms with Crippen molar-refractivity contribution in [2.45, 2.75) is 52.2 Å². The van der Waals surface area contributed by atoms with Crippen LogP contribution in [-0.4, -0.2) is 38.7 Å².